The van der Waals surface area contributed by atoms with E-state index in [4.69, 9.17) is 14.1 Å². The molecule has 1 aromatic carbocycles. The van der Waals surface area contributed by atoms with Crippen molar-refractivity contribution in [3.8, 4) is 0 Å². The van der Waals surface area contributed by atoms with Crippen molar-refractivity contribution in [2.45, 2.75) is 85.0 Å². The highest BCUT2D eigenvalue weighted by Crippen LogP contribution is 2.42. The summed E-state index contributed by atoms with van der Waals surface area (Å²) >= 11 is 0. The summed E-state index contributed by atoms with van der Waals surface area (Å²) in [6.45, 7) is 8.08. The summed E-state index contributed by atoms with van der Waals surface area (Å²) in [6, 6.07) is 5.42. The van der Waals surface area contributed by atoms with Crippen molar-refractivity contribution in [3.05, 3.63) is 35.0 Å². The number of benzene rings is 1. The first-order valence-electron chi connectivity index (χ1n) is 12.8. The smallest absolute Gasteiger partial charge is 0.336 e. The number of hydrogen-bond donors (Lipinski definition) is 0. The van der Waals surface area contributed by atoms with Crippen LogP contribution in [-0.4, -0.2) is 41.2 Å². The molecule has 0 N–H and O–H groups in total. The van der Waals surface area contributed by atoms with E-state index in [1.54, 1.807) is 26.8 Å². The maximum Gasteiger partial charge on any atom is 0.336 e. The highest BCUT2D eigenvalue weighted by Gasteiger charge is 2.43. The number of nitrogens with zero attached hydrogens (tertiary/aromatic N) is 3. The van der Waals surface area contributed by atoms with Gasteiger partial charge in [0.2, 0.25) is 0 Å². The number of rotatable bonds is 13. The molecule has 0 spiro atoms. The molecule has 2 atom stereocenters. The Morgan fingerprint density at radius 1 is 0.943 bits per heavy atom. The standard InChI is InChI=1S/C27H37N3O5/c1-5-7-8-9-10-11-12-13-17-34-27(32)23-19(4)28-18(3)22(26(31)33-6-2)24(23)20-15-14-16-21-25(20)30-35-29-21/h14-16,22,24H,5-13,17H2,1-4H3. The average molecular weight is 484 g/mol. The van der Waals surface area contributed by atoms with E-state index in [1.807, 2.05) is 12.1 Å². The second-order valence-electron chi connectivity index (χ2n) is 9.05. The molecule has 0 radical (unpaired) electrons. The number of carbonyl (C=O) groups excluding carboxylic acids is 2. The Labute approximate surface area is 207 Å². The Bertz CT molecular complexity index is 1070. The fourth-order valence-electron chi connectivity index (χ4n) is 4.73. The molecular formula is C27H37N3O5. The molecular weight excluding hydrogens is 446 g/mol. The first kappa shape index (κ1) is 26.6. The molecule has 0 saturated carbocycles. The number of allylic oxidation sites excluding steroid dienone is 1. The van der Waals surface area contributed by atoms with Gasteiger partial charge in [0, 0.05) is 17.3 Å². The molecule has 0 saturated heterocycles. The second-order valence-corrected chi connectivity index (χ2v) is 9.05. The molecule has 3 rings (SSSR count). The minimum atomic E-state index is -0.772. The lowest BCUT2D eigenvalue weighted by molar-refractivity contribution is -0.146. The number of unbranched alkanes of at least 4 members (excludes halogenated alkanes) is 7. The topological polar surface area (TPSA) is 104 Å². The summed E-state index contributed by atoms with van der Waals surface area (Å²) in [4.78, 5) is 30.9. The summed E-state index contributed by atoms with van der Waals surface area (Å²) in [5.41, 5.74) is 3.18. The summed E-state index contributed by atoms with van der Waals surface area (Å²) in [5, 5.41) is 7.97. The van der Waals surface area contributed by atoms with Crippen molar-refractivity contribution in [3.63, 3.8) is 0 Å². The molecule has 1 aromatic heterocycles. The monoisotopic (exact) mass is 483 g/mol. The van der Waals surface area contributed by atoms with Crippen molar-refractivity contribution >= 4 is 28.7 Å². The molecule has 0 bridgehead atoms. The quantitative estimate of drug-likeness (QED) is 0.257. The van der Waals surface area contributed by atoms with Crippen LogP contribution >= 0.6 is 0 Å². The van der Waals surface area contributed by atoms with Crippen LogP contribution in [0, 0.1) is 5.92 Å². The third-order valence-corrected chi connectivity index (χ3v) is 6.47. The highest BCUT2D eigenvalue weighted by molar-refractivity contribution is 6.07. The van der Waals surface area contributed by atoms with Crippen LogP contribution in [-0.2, 0) is 19.1 Å². The zero-order chi connectivity index (χ0) is 25.2. The predicted molar refractivity (Wildman–Crippen MR) is 134 cm³/mol. The van der Waals surface area contributed by atoms with Gasteiger partial charge < -0.3 is 9.47 Å². The lowest BCUT2D eigenvalue weighted by atomic mass is 9.75. The van der Waals surface area contributed by atoms with Gasteiger partial charge >= 0.3 is 11.9 Å². The fourth-order valence-corrected chi connectivity index (χ4v) is 4.73. The molecule has 35 heavy (non-hydrogen) atoms. The molecule has 2 aromatic rings. The Kier molecular flexibility index (Phi) is 9.99. The van der Waals surface area contributed by atoms with Crippen LogP contribution in [0.25, 0.3) is 11.0 Å². The van der Waals surface area contributed by atoms with Crippen molar-refractivity contribution < 1.29 is 23.7 Å². The van der Waals surface area contributed by atoms with E-state index in [1.165, 1.54) is 32.1 Å². The van der Waals surface area contributed by atoms with E-state index >= 15 is 0 Å². The van der Waals surface area contributed by atoms with Crippen molar-refractivity contribution in [2.75, 3.05) is 13.2 Å². The van der Waals surface area contributed by atoms with Gasteiger partial charge in [-0.25, -0.2) is 9.42 Å². The molecule has 8 nitrogen and oxygen atoms in total. The van der Waals surface area contributed by atoms with E-state index in [9.17, 15) is 9.59 Å². The van der Waals surface area contributed by atoms with E-state index < -0.39 is 23.8 Å². The fraction of sp³-hybridized carbons (Fsp3) is 0.593. The van der Waals surface area contributed by atoms with Crippen LogP contribution in [0.15, 0.2) is 39.1 Å². The maximum atomic E-state index is 13.3. The average Bonchev–Trinajstić information content (AvgIpc) is 3.31. The van der Waals surface area contributed by atoms with E-state index in [-0.39, 0.29) is 6.61 Å². The number of aliphatic imine (C=N–C) groups is 1. The highest BCUT2D eigenvalue weighted by atomic mass is 16.6. The molecule has 190 valence electrons. The van der Waals surface area contributed by atoms with Gasteiger partial charge in [-0.15, -0.1) is 0 Å². The lowest BCUT2D eigenvalue weighted by Crippen LogP contribution is -2.36. The first-order chi connectivity index (χ1) is 17.0. The molecule has 1 aliphatic heterocycles. The predicted octanol–water partition coefficient (Wildman–Crippen LogP) is 5.92. The van der Waals surface area contributed by atoms with Crippen LogP contribution in [0.2, 0.25) is 0 Å². The zero-order valence-electron chi connectivity index (χ0n) is 21.3. The first-order valence-corrected chi connectivity index (χ1v) is 12.8. The SMILES string of the molecule is CCCCCCCCCCOC(=O)C1=C(C)N=C(C)C(C(=O)OCC)C1c1cccc2nonc12. The van der Waals surface area contributed by atoms with Gasteiger partial charge in [-0.1, -0.05) is 64.0 Å². The van der Waals surface area contributed by atoms with Gasteiger partial charge in [0.05, 0.1) is 18.8 Å². The van der Waals surface area contributed by atoms with Crippen LogP contribution < -0.4 is 0 Å². The summed E-state index contributed by atoms with van der Waals surface area (Å²) in [6.07, 6.45) is 9.27. The molecule has 8 heteroatoms. The number of carbonyl (C=O) groups is 2. The Hall–Kier alpha value is -3.03. The normalized spacial score (nSPS) is 18.0. The van der Waals surface area contributed by atoms with Crippen molar-refractivity contribution in [1.82, 2.24) is 10.3 Å². The van der Waals surface area contributed by atoms with Gasteiger partial charge in [0.25, 0.3) is 0 Å². The summed E-state index contributed by atoms with van der Waals surface area (Å²) in [7, 11) is 0. The van der Waals surface area contributed by atoms with Crippen LogP contribution in [0.1, 0.15) is 90.5 Å². The van der Waals surface area contributed by atoms with Crippen LogP contribution in [0.4, 0.5) is 0 Å². The van der Waals surface area contributed by atoms with Gasteiger partial charge in [0.15, 0.2) is 0 Å². The van der Waals surface area contributed by atoms with E-state index in [0.29, 0.717) is 40.2 Å². The van der Waals surface area contributed by atoms with Gasteiger partial charge in [-0.2, -0.15) is 0 Å². The van der Waals surface area contributed by atoms with Crippen molar-refractivity contribution in [1.29, 1.82) is 0 Å². The van der Waals surface area contributed by atoms with Gasteiger partial charge in [0.1, 0.15) is 17.0 Å². The molecule has 2 heterocycles. The Balaban J connectivity index is 1.78. The van der Waals surface area contributed by atoms with Crippen molar-refractivity contribution in [2.24, 2.45) is 10.9 Å². The molecule has 0 aliphatic carbocycles. The maximum absolute atomic E-state index is 13.3. The number of aromatic nitrogens is 2. The lowest BCUT2D eigenvalue weighted by Gasteiger charge is -2.31. The van der Waals surface area contributed by atoms with Crippen LogP contribution in [0.3, 0.4) is 0 Å². The Morgan fingerprint density at radius 2 is 1.66 bits per heavy atom. The molecule has 0 amide bonds. The van der Waals surface area contributed by atoms with E-state index in [2.05, 4.69) is 22.2 Å². The summed E-state index contributed by atoms with van der Waals surface area (Å²) in [5.74, 6) is -2.33. The molecule has 1 aliphatic rings. The third-order valence-electron chi connectivity index (χ3n) is 6.47. The number of hydrogen-bond acceptors (Lipinski definition) is 8. The number of ether oxygens (including phenoxy) is 2. The largest absolute Gasteiger partial charge is 0.465 e. The summed E-state index contributed by atoms with van der Waals surface area (Å²) < 4.78 is 16.0. The van der Waals surface area contributed by atoms with Crippen LogP contribution in [0.5, 0.6) is 0 Å². The number of fused-ring (bicyclic) bond motifs is 1. The minimum absolute atomic E-state index is 0.228. The second kappa shape index (κ2) is 13.2. The zero-order valence-corrected chi connectivity index (χ0v) is 21.3. The molecule has 0 fully saturated rings. The third kappa shape index (κ3) is 6.55. The van der Waals surface area contributed by atoms with Gasteiger partial charge in [-0.3, -0.25) is 9.79 Å². The Morgan fingerprint density at radius 3 is 2.37 bits per heavy atom. The number of esters is 2. The minimum Gasteiger partial charge on any atom is -0.465 e. The van der Waals surface area contributed by atoms with Gasteiger partial charge in [-0.05, 0) is 49.1 Å². The van der Waals surface area contributed by atoms with E-state index in [0.717, 1.165) is 19.3 Å². The molecule has 2 unspecified atom stereocenters.